The number of benzene rings is 1. The highest BCUT2D eigenvalue weighted by Gasteiger charge is 2.27. The summed E-state index contributed by atoms with van der Waals surface area (Å²) >= 11 is 1.63. The molecule has 2 nitrogen and oxygen atoms in total. The quantitative estimate of drug-likeness (QED) is 0.766. The van der Waals surface area contributed by atoms with Gasteiger partial charge in [-0.2, -0.15) is 0 Å². The van der Waals surface area contributed by atoms with Crippen LogP contribution in [-0.4, -0.2) is 10.1 Å². The maximum atomic E-state index is 10.8. The summed E-state index contributed by atoms with van der Waals surface area (Å²) in [7, 11) is 0. The number of pyridine rings is 1. The van der Waals surface area contributed by atoms with E-state index in [4.69, 9.17) is 0 Å². The van der Waals surface area contributed by atoms with Gasteiger partial charge in [0, 0.05) is 21.3 Å². The molecule has 1 aromatic carbocycles. The number of aliphatic hydroxyl groups is 1. The van der Waals surface area contributed by atoms with Crippen LogP contribution in [-0.2, 0) is 5.60 Å². The number of nitrogens with zero attached hydrogens (tertiary/aromatic N) is 1. The fraction of sp³-hybridized carbons (Fsp3) is 0.188. The smallest absolute Gasteiger partial charge is 0.121 e. The van der Waals surface area contributed by atoms with Crippen molar-refractivity contribution in [3.8, 4) is 0 Å². The van der Waals surface area contributed by atoms with Crippen LogP contribution in [0, 0.1) is 6.92 Å². The molecule has 1 unspecified atom stereocenters. The molecule has 0 aliphatic carbocycles. The van der Waals surface area contributed by atoms with Gasteiger partial charge >= 0.3 is 0 Å². The zero-order chi connectivity index (χ0) is 13.5. The molecule has 2 aromatic heterocycles. The molecule has 0 saturated carbocycles. The first-order chi connectivity index (χ1) is 9.07. The lowest BCUT2D eigenvalue weighted by molar-refractivity contribution is 0.106. The van der Waals surface area contributed by atoms with E-state index in [0.29, 0.717) is 0 Å². The molecule has 0 aliphatic rings. The van der Waals surface area contributed by atoms with Gasteiger partial charge in [-0.05, 0) is 49.7 Å². The Morgan fingerprint density at radius 1 is 1.16 bits per heavy atom. The van der Waals surface area contributed by atoms with E-state index in [1.54, 1.807) is 17.5 Å². The molecule has 1 N–H and O–H groups in total. The molecule has 0 bridgehead atoms. The Morgan fingerprint density at radius 2 is 2.00 bits per heavy atom. The molecule has 1 atom stereocenters. The van der Waals surface area contributed by atoms with Gasteiger partial charge in [-0.15, -0.1) is 11.3 Å². The van der Waals surface area contributed by atoms with Crippen molar-refractivity contribution in [2.45, 2.75) is 19.4 Å². The van der Waals surface area contributed by atoms with Gasteiger partial charge in [-0.3, -0.25) is 4.98 Å². The molecule has 3 heteroatoms. The zero-order valence-electron chi connectivity index (χ0n) is 10.9. The Morgan fingerprint density at radius 3 is 2.74 bits per heavy atom. The number of thiophene rings is 1. The van der Waals surface area contributed by atoms with Gasteiger partial charge in [-0.1, -0.05) is 12.1 Å². The monoisotopic (exact) mass is 269 g/mol. The SMILES string of the molecule is Cc1ccc(C(C)(O)c2ccc3ncccc3c2)s1. The minimum absolute atomic E-state index is 0.898. The second kappa shape index (κ2) is 4.44. The summed E-state index contributed by atoms with van der Waals surface area (Å²) in [6.07, 6.45) is 1.78. The Kier molecular flexibility index (Phi) is 2.88. The number of aryl methyl sites for hydroxylation is 1. The number of rotatable bonds is 2. The summed E-state index contributed by atoms with van der Waals surface area (Å²) in [5.74, 6) is 0. The van der Waals surface area contributed by atoms with Gasteiger partial charge in [0.05, 0.1) is 5.52 Å². The molecule has 19 heavy (non-hydrogen) atoms. The van der Waals surface area contributed by atoms with Crippen LogP contribution in [0.3, 0.4) is 0 Å². The largest absolute Gasteiger partial charge is 0.380 e. The summed E-state index contributed by atoms with van der Waals surface area (Å²) < 4.78 is 0. The third-order valence-corrected chi connectivity index (χ3v) is 4.60. The average Bonchev–Trinajstić information content (AvgIpc) is 2.85. The molecule has 3 rings (SSSR count). The summed E-state index contributed by atoms with van der Waals surface area (Å²) in [5, 5.41) is 11.9. The highest BCUT2D eigenvalue weighted by molar-refractivity contribution is 7.12. The van der Waals surface area contributed by atoms with Crippen molar-refractivity contribution in [2.24, 2.45) is 0 Å². The summed E-state index contributed by atoms with van der Waals surface area (Å²) in [4.78, 5) is 6.47. The molecule has 0 radical (unpaired) electrons. The summed E-state index contributed by atoms with van der Waals surface area (Å²) in [6.45, 7) is 3.89. The maximum Gasteiger partial charge on any atom is 0.121 e. The van der Waals surface area contributed by atoms with Gasteiger partial charge < -0.3 is 5.11 Å². The standard InChI is InChI=1S/C16H15NOS/c1-11-5-8-15(19-11)16(2,18)13-6-7-14-12(10-13)4-3-9-17-14/h3-10,18H,1-2H3. The zero-order valence-corrected chi connectivity index (χ0v) is 11.7. The molecular formula is C16H15NOS. The second-order valence-corrected chi connectivity index (χ2v) is 6.18. The Bertz CT molecular complexity index is 730. The van der Waals surface area contributed by atoms with Crippen LogP contribution in [0.15, 0.2) is 48.7 Å². The topological polar surface area (TPSA) is 33.1 Å². The lowest BCUT2D eigenvalue weighted by Gasteiger charge is -2.22. The van der Waals surface area contributed by atoms with E-state index >= 15 is 0 Å². The van der Waals surface area contributed by atoms with E-state index < -0.39 is 5.60 Å². The molecule has 0 saturated heterocycles. The number of hydrogen-bond acceptors (Lipinski definition) is 3. The van der Waals surface area contributed by atoms with Crippen molar-refractivity contribution < 1.29 is 5.11 Å². The van der Waals surface area contributed by atoms with Crippen molar-refractivity contribution in [3.63, 3.8) is 0 Å². The lowest BCUT2D eigenvalue weighted by atomic mass is 9.93. The van der Waals surface area contributed by atoms with Crippen LogP contribution in [0.4, 0.5) is 0 Å². The molecule has 0 fully saturated rings. The molecule has 0 spiro atoms. The van der Waals surface area contributed by atoms with Crippen molar-refractivity contribution >= 4 is 22.2 Å². The van der Waals surface area contributed by atoms with Crippen molar-refractivity contribution in [1.82, 2.24) is 4.98 Å². The minimum atomic E-state index is -0.955. The van der Waals surface area contributed by atoms with Gasteiger partial charge in [0.1, 0.15) is 5.60 Å². The van der Waals surface area contributed by atoms with Gasteiger partial charge in [0.2, 0.25) is 0 Å². The van der Waals surface area contributed by atoms with E-state index in [9.17, 15) is 5.11 Å². The van der Waals surface area contributed by atoms with Crippen molar-refractivity contribution in [1.29, 1.82) is 0 Å². The van der Waals surface area contributed by atoms with E-state index in [-0.39, 0.29) is 0 Å². The van der Waals surface area contributed by atoms with Crippen LogP contribution in [0.1, 0.15) is 22.2 Å². The highest BCUT2D eigenvalue weighted by Crippen LogP contribution is 2.34. The van der Waals surface area contributed by atoms with E-state index in [2.05, 4.69) is 11.9 Å². The lowest BCUT2D eigenvalue weighted by Crippen LogP contribution is -2.21. The van der Waals surface area contributed by atoms with E-state index in [0.717, 1.165) is 21.3 Å². The predicted molar refractivity (Wildman–Crippen MR) is 79.5 cm³/mol. The third-order valence-electron chi connectivity index (χ3n) is 3.39. The van der Waals surface area contributed by atoms with Crippen LogP contribution >= 0.6 is 11.3 Å². The van der Waals surface area contributed by atoms with Crippen molar-refractivity contribution in [2.75, 3.05) is 0 Å². The first kappa shape index (κ1) is 12.3. The second-order valence-electron chi connectivity index (χ2n) is 4.89. The molecule has 0 aliphatic heterocycles. The predicted octanol–water partition coefficient (Wildman–Crippen LogP) is 3.86. The minimum Gasteiger partial charge on any atom is -0.380 e. The molecule has 2 heterocycles. The van der Waals surface area contributed by atoms with E-state index in [1.165, 1.54) is 4.88 Å². The average molecular weight is 269 g/mol. The summed E-state index contributed by atoms with van der Waals surface area (Å²) in [5.41, 5.74) is 0.891. The molecule has 3 aromatic rings. The first-order valence-corrected chi connectivity index (χ1v) is 7.03. The first-order valence-electron chi connectivity index (χ1n) is 6.22. The fourth-order valence-corrected chi connectivity index (χ4v) is 3.15. The third kappa shape index (κ3) is 2.15. The van der Waals surface area contributed by atoms with Gasteiger partial charge in [0.15, 0.2) is 0 Å². The number of hydrogen-bond donors (Lipinski definition) is 1. The summed E-state index contributed by atoms with van der Waals surface area (Å²) in [6, 6.07) is 13.9. The van der Waals surface area contributed by atoms with E-state index in [1.807, 2.05) is 49.4 Å². The molecule has 0 amide bonds. The maximum absolute atomic E-state index is 10.8. The molecular weight excluding hydrogens is 254 g/mol. The van der Waals surface area contributed by atoms with Crippen LogP contribution in [0.25, 0.3) is 10.9 Å². The molecule has 96 valence electrons. The Hall–Kier alpha value is -1.71. The highest BCUT2D eigenvalue weighted by atomic mass is 32.1. The number of aromatic nitrogens is 1. The van der Waals surface area contributed by atoms with Crippen LogP contribution in [0.5, 0.6) is 0 Å². The van der Waals surface area contributed by atoms with Crippen molar-refractivity contribution in [3.05, 3.63) is 64.0 Å². The normalized spacial score (nSPS) is 14.5. The fourth-order valence-electron chi connectivity index (χ4n) is 2.22. The Labute approximate surface area is 116 Å². The Balaban J connectivity index is 2.12. The van der Waals surface area contributed by atoms with Crippen LogP contribution < -0.4 is 0 Å². The number of fused-ring (bicyclic) bond motifs is 1. The van der Waals surface area contributed by atoms with Gasteiger partial charge in [0.25, 0.3) is 0 Å². The van der Waals surface area contributed by atoms with Gasteiger partial charge in [-0.25, -0.2) is 0 Å². The van der Waals surface area contributed by atoms with Crippen LogP contribution in [0.2, 0.25) is 0 Å².